The van der Waals surface area contributed by atoms with E-state index in [-0.39, 0.29) is 22.1 Å². The molecule has 1 amide bonds. The van der Waals surface area contributed by atoms with Crippen LogP contribution in [0.1, 0.15) is 24.1 Å². The molecule has 7 heteroatoms. The normalized spacial score (nSPS) is 18.0. The molecule has 0 saturated carbocycles. The number of thioether (sulfide) groups is 1. The number of primary sulfonamides is 1. The van der Waals surface area contributed by atoms with Gasteiger partial charge < -0.3 is 5.32 Å². The molecule has 1 aliphatic rings. The van der Waals surface area contributed by atoms with Gasteiger partial charge in [0.2, 0.25) is 15.9 Å². The van der Waals surface area contributed by atoms with Gasteiger partial charge in [-0.25, -0.2) is 13.6 Å². The summed E-state index contributed by atoms with van der Waals surface area (Å²) < 4.78 is 22.9. The second kappa shape index (κ2) is 6.58. The number of nitrogens with one attached hydrogen (secondary N) is 1. The Morgan fingerprint density at radius 1 is 1.25 bits per heavy atom. The fraction of sp³-hybridized carbons (Fsp3) is 0.235. The Morgan fingerprint density at radius 2 is 2.00 bits per heavy atom. The average Bonchev–Trinajstić information content (AvgIpc) is 2.98. The maximum absolute atomic E-state index is 12.5. The van der Waals surface area contributed by atoms with Gasteiger partial charge in [-0.05, 0) is 42.7 Å². The SMILES string of the molecule is CC(NC(=O)C1Cc2ccccc2S1)c1cccc(S(N)(=O)=O)c1. The Bertz CT molecular complexity index is 856. The summed E-state index contributed by atoms with van der Waals surface area (Å²) in [7, 11) is -3.76. The van der Waals surface area contributed by atoms with Gasteiger partial charge in [0.15, 0.2) is 0 Å². The van der Waals surface area contributed by atoms with Gasteiger partial charge in [-0.3, -0.25) is 4.79 Å². The predicted octanol–water partition coefficient (Wildman–Crippen LogP) is 2.23. The molecule has 2 unspecified atom stereocenters. The third-order valence-corrected chi connectivity index (χ3v) is 6.21. The Hall–Kier alpha value is -1.83. The Morgan fingerprint density at radius 3 is 2.71 bits per heavy atom. The van der Waals surface area contributed by atoms with E-state index in [1.54, 1.807) is 23.9 Å². The zero-order valence-electron chi connectivity index (χ0n) is 13.1. The largest absolute Gasteiger partial charge is 0.349 e. The van der Waals surface area contributed by atoms with Gasteiger partial charge in [0.25, 0.3) is 0 Å². The summed E-state index contributed by atoms with van der Waals surface area (Å²) in [4.78, 5) is 13.7. The molecule has 0 bridgehead atoms. The molecule has 2 atom stereocenters. The standard InChI is InChI=1S/C17H18N2O3S2/c1-11(12-6-4-7-14(9-12)24(18,21)22)19-17(20)16-10-13-5-2-3-8-15(13)23-16/h2-9,11,16H,10H2,1H3,(H,19,20)(H2,18,21,22). The number of nitrogens with two attached hydrogens (primary N) is 1. The molecule has 0 spiro atoms. The lowest BCUT2D eigenvalue weighted by Crippen LogP contribution is -2.34. The molecule has 1 heterocycles. The highest BCUT2D eigenvalue weighted by molar-refractivity contribution is 8.01. The molecule has 3 rings (SSSR count). The number of fused-ring (bicyclic) bond motifs is 1. The van der Waals surface area contributed by atoms with Crippen LogP contribution < -0.4 is 10.5 Å². The first kappa shape index (κ1) is 17.0. The lowest BCUT2D eigenvalue weighted by Gasteiger charge is -2.17. The first-order valence-corrected chi connectivity index (χ1v) is 9.95. The van der Waals surface area contributed by atoms with Crippen molar-refractivity contribution >= 4 is 27.7 Å². The first-order chi connectivity index (χ1) is 11.3. The minimum absolute atomic E-state index is 0.0451. The molecule has 1 aliphatic heterocycles. The van der Waals surface area contributed by atoms with Crippen molar-refractivity contribution in [2.75, 3.05) is 0 Å². The van der Waals surface area contributed by atoms with E-state index < -0.39 is 10.0 Å². The highest BCUT2D eigenvalue weighted by Crippen LogP contribution is 2.37. The monoisotopic (exact) mass is 362 g/mol. The second-order valence-corrected chi connectivity index (χ2v) is 8.57. The van der Waals surface area contributed by atoms with Crippen molar-refractivity contribution < 1.29 is 13.2 Å². The molecule has 24 heavy (non-hydrogen) atoms. The Kier molecular flexibility index (Phi) is 4.67. The molecule has 126 valence electrons. The van der Waals surface area contributed by atoms with Gasteiger partial charge in [0.1, 0.15) is 0 Å². The molecular weight excluding hydrogens is 344 g/mol. The van der Waals surface area contributed by atoms with Gasteiger partial charge in [-0.2, -0.15) is 0 Å². The van der Waals surface area contributed by atoms with Crippen molar-refractivity contribution in [3.63, 3.8) is 0 Å². The molecule has 0 radical (unpaired) electrons. The van der Waals surface area contributed by atoms with Crippen LogP contribution in [0.5, 0.6) is 0 Å². The average molecular weight is 362 g/mol. The number of sulfonamides is 1. The number of amides is 1. The number of benzene rings is 2. The summed E-state index contributed by atoms with van der Waals surface area (Å²) >= 11 is 1.56. The van der Waals surface area contributed by atoms with Crippen LogP contribution in [0.25, 0.3) is 0 Å². The van der Waals surface area contributed by atoms with Gasteiger partial charge in [0.05, 0.1) is 16.2 Å². The van der Waals surface area contributed by atoms with Gasteiger partial charge >= 0.3 is 0 Å². The summed E-state index contributed by atoms with van der Waals surface area (Å²) in [6, 6.07) is 14.0. The van der Waals surface area contributed by atoms with E-state index in [1.165, 1.54) is 17.7 Å². The Labute approximate surface area is 145 Å². The number of carbonyl (C=O) groups excluding carboxylic acids is 1. The van der Waals surface area contributed by atoms with E-state index in [2.05, 4.69) is 5.32 Å². The third kappa shape index (κ3) is 3.63. The van der Waals surface area contributed by atoms with Crippen LogP contribution in [0, 0.1) is 0 Å². The molecule has 0 fully saturated rings. The molecule has 2 aromatic carbocycles. The van der Waals surface area contributed by atoms with Gasteiger partial charge in [0, 0.05) is 4.90 Å². The lowest BCUT2D eigenvalue weighted by atomic mass is 10.1. The van der Waals surface area contributed by atoms with Crippen LogP contribution in [0.2, 0.25) is 0 Å². The van der Waals surface area contributed by atoms with Crippen molar-refractivity contribution in [1.29, 1.82) is 0 Å². The van der Waals surface area contributed by atoms with Crippen LogP contribution in [-0.4, -0.2) is 19.6 Å². The number of carbonyl (C=O) groups is 1. The number of hydrogen-bond donors (Lipinski definition) is 2. The van der Waals surface area contributed by atoms with Crippen LogP contribution >= 0.6 is 11.8 Å². The van der Waals surface area contributed by atoms with E-state index >= 15 is 0 Å². The molecule has 0 aliphatic carbocycles. The highest BCUT2D eigenvalue weighted by Gasteiger charge is 2.28. The van der Waals surface area contributed by atoms with Crippen molar-refractivity contribution in [2.24, 2.45) is 5.14 Å². The third-order valence-electron chi connectivity index (χ3n) is 3.98. The van der Waals surface area contributed by atoms with Gasteiger partial charge in [-0.1, -0.05) is 30.3 Å². The van der Waals surface area contributed by atoms with Crippen molar-refractivity contribution in [2.45, 2.75) is 34.4 Å². The Balaban J connectivity index is 1.70. The minimum atomic E-state index is -3.76. The van der Waals surface area contributed by atoms with Crippen LogP contribution in [-0.2, 0) is 21.2 Å². The number of hydrogen-bond acceptors (Lipinski definition) is 4. The second-order valence-electron chi connectivity index (χ2n) is 5.77. The van der Waals surface area contributed by atoms with Crippen molar-refractivity contribution in [3.8, 4) is 0 Å². The van der Waals surface area contributed by atoms with E-state index in [9.17, 15) is 13.2 Å². The maximum Gasteiger partial charge on any atom is 0.238 e. The molecular formula is C17H18N2O3S2. The van der Waals surface area contributed by atoms with Crippen molar-refractivity contribution in [3.05, 3.63) is 59.7 Å². The van der Waals surface area contributed by atoms with E-state index in [0.717, 1.165) is 4.90 Å². The van der Waals surface area contributed by atoms with E-state index in [4.69, 9.17) is 5.14 Å². The van der Waals surface area contributed by atoms with Crippen LogP contribution in [0.4, 0.5) is 0 Å². The molecule has 5 nitrogen and oxygen atoms in total. The highest BCUT2D eigenvalue weighted by atomic mass is 32.2. The topological polar surface area (TPSA) is 89.3 Å². The molecule has 0 aromatic heterocycles. The van der Waals surface area contributed by atoms with Crippen LogP contribution in [0.15, 0.2) is 58.3 Å². The van der Waals surface area contributed by atoms with E-state index in [0.29, 0.717) is 12.0 Å². The fourth-order valence-corrected chi connectivity index (χ4v) is 4.45. The summed E-state index contributed by atoms with van der Waals surface area (Å²) in [6.07, 6.45) is 0.705. The molecule has 0 saturated heterocycles. The summed E-state index contributed by atoms with van der Waals surface area (Å²) in [6.45, 7) is 1.83. The predicted molar refractivity (Wildman–Crippen MR) is 94.2 cm³/mol. The zero-order chi connectivity index (χ0) is 17.3. The van der Waals surface area contributed by atoms with E-state index in [1.807, 2.05) is 31.2 Å². The summed E-state index contributed by atoms with van der Waals surface area (Å²) in [5.41, 5.74) is 1.89. The maximum atomic E-state index is 12.5. The number of rotatable bonds is 4. The summed E-state index contributed by atoms with van der Waals surface area (Å²) in [5.74, 6) is -0.0512. The smallest absolute Gasteiger partial charge is 0.238 e. The van der Waals surface area contributed by atoms with Crippen molar-refractivity contribution in [1.82, 2.24) is 5.32 Å². The molecule has 3 N–H and O–H groups in total. The quantitative estimate of drug-likeness (QED) is 0.873. The zero-order valence-corrected chi connectivity index (χ0v) is 14.7. The first-order valence-electron chi connectivity index (χ1n) is 7.52. The summed E-state index contributed by atoms with van der Waals surface area (Å²) in [5, 5.41) is 7.95. The molecule has 2 aromatic rings. The van der Waals surface area contributed by atoms with Gasteiger partial charge in [-0.15, -0.1) is 11.8 Å². The lowest BCUT2D eigenvalue weighted by molar-refractivity contribution is -0.121. The van der Waals surface area contributed by atoms with Crippen LogP contribution in [0.3, 0.4) is 0 Å². The minimum Gasteiger partial charge on any atom is -0.349 e. The fourth-order valence-electron chi connectivity index (χ4n) is 2.68.